The predicted octanol–water partition coefficient (Wildman–Crippen LogP) is 6.11. The van der Waals surface area contributed by atoms with E-state index in [4.69, 9.17) is 0 Å². The Labute approximate surface area is 181 Å². The Morgan fingerprint density at radius 2 is 1.86 bits per heavy atom. The van der Waals surface area contributed by atoms with Gasteiger partial charge in [-0.2, -0.15) is 0 Å². The fraction of sp³-hybridized carbons (Fsp3) is 0.923. The van der Waals surface area contributed by atoms with E-state index in [-0.39, 0.29) is 6.10 Å². The lowest BCUT2D eigenvalue weighted by Gasteiger charge is -2.58. The first kappa shape index (κ1) is 22.1. The van der Waals surface area contributed by atoms with Crippen LogP contribution in [-0.2, 0) is 10.8 Å². The predicted molar refractivity (Wildman–Crippen MR) is 123 cm³/mol. The molecule has 0 radical (unpaired) electrons. The van der Waals surface area contributed by atoms with E-state index in [1.165, 1.54) is 38.5 Å². The normalized spacial score (nSPS) is 46.4. The number of rotatable bonds is 5. The van der Waals surface area contributed by atoms with Gasteiger partial charge in [-0.3, -0.25) is 4.21 Å². The molecule has 4 aliphatic rings. The molecule has 0 aromatic heterocycles. The molecule has 4 aliphatic carbocycles. The van der Waals surface area contributed by atoms with Crippen LogP contribution in [0.25, 0.3) is 0 Å². The molecule has 3 heteroatoms. The number of aliphatic hydroxyl groups excluding tert-OH is 1. The molecule has 0 aromatic carbocycles. The van der Waals surface area contributed by atoms with Gasteiger partial charge in [0.05, 0.1) is 6.10 Å². The molecule has 3 saturated carbocycles. The van der Waals surface area contributed by atoms with Gasteiger partial charge in [0.1, 0.15) is 0 Å². The smallest absolute Gasteiger partial charge is 0.0577 e. The summed E-state index contributed by atoms with van der Waals surface area (Å²) in [4.78, 5) is 0. The van der Waals surface area contributed by atoms with Crippen molar-refractivity contribution in [3.8, 4) is 0 Å². The second-order valence-electron chi connectivity index (χ2n) is 11.9. The van der Waals surface area contributed by atoms with Gasteiger partial charge in [0.25, 0.3) is 0 Å². The fourth-order valence-corrected chi connectivity index (χ4v) is 10.1. The molecule has 0 bridgehead atoms. The highest BCUT2D eigenvalue weighted by Gasteiger charge is 2.59. The molecule has 0 aliphatic heterocycles. The second-order valence-corrected chi connectivity index (χ2v) is 13.8. The van der Waals surface area contributed by atoms with E-state index in [0.717, 1.165) is 42.8 Å². The molecule has 0 aromatic rings. The van der Waals surface area contributed by atoms with Crippen LogP contribution in [0.1, 0.15) is 92.4 Å². The molecule has 0 saturated heterocycles. The topological polar surface area (TPSA) is 37.3 Å². The van der Waals surface area contributed by atoms with Gasteiger partial charge in [0.15, 0.2) is 0 Å². The lowest BCUT2D eigenvalue weighted by molar-refractivity contribution is -0.0494. The maximum atomic E-state index is 13.1. The number of hydrogen-bond donors (Lipinski definition) is 1. The van der Waals surface area contributed by atoms with Crippen molar-refractivity contribution in [3.05, 3.63) is 11.6 Å². The summed E-state index contributed by atoms with van der Waals surface area (Å²) in [5, 5.41) is 10.5. The van der Waals surface area contributed by atoms with E-state index in [9.17, 15) is 9.32 Å². The first-order valence-electron chi connectivity index (χ1n) is 12.4. The van der Waals surface area contributed by atoms with Crippen LogP contribution in [0.4, 0.5) is 0 Å². The summed E-state index contributed by atoms with van der Waals surface area (Å²) in [6.07, 6.45) is 13.1. The Balaban J connectivity index is 1.52. The second kappa shape index (κ2) is 8.08. The van der Waals surface area contributed by atoms with Crippen molar-refractivity contribution in [1.82, 2.24) is 0 Å². The van der Waals surface area contributed by atoms with E-state index in [1.54, 1.807) is 5.57 Å². The van der Waals surface area contributed by atoms with Crippen LogP contribution in [0.15, 0.2) is 11.6 Å². The first-order chi connectivity index (χ1) is 13.7. The summed E-state index contributed by atoms with van der Waals surface area (Å²) in [7, 11) is -0.685. The van der Waals surface area contributed by atoms with Crippen LogP contribution in [-0.4, -0.2) is 26.4 Å². The van der Waals surface area contributed by atoms with Gasteiger partial charge in [0, 0.05) is 21.8 Å². The third-order valence-electron chi connectivity index (χ3n) is 10.0. The van der Waals surface area contributed by atoms with E-state index in [2.05, 4.69) is 40.7 Å². The molecule has 0 amide bonds. The van der Waals surface area contributed by atoms with Crippen molar-refractivity contribution in [2.45, 2.75) is 104 Å². The maximum absolute atomic E-state index is 13.1. The Bertz CT molecular complexity index is 670. The maximum Gasteiger partial charge on any atom is 0.0577 e. The minimum atomic E-state index is -0.685. The average Bonchev–Trinajstić information content (AvgIpc) is 3.03. The standard InChI is InChI=1S/C26H44O2S/c1-17(2)12-15-29(28)18(3)22-8-9-23-21-7-6-19-16-20(27)10-13-25(19,4)24(21)11-14-26(22,23)5/h6,17-18,20-24,27H,7-16H2,1-5H3/t18-,20-,21?,22+,23?,24?,25-,26+,29?/m0/s1. The van der Waals surface area contributed by atoms with E-state index >= 15 is 0 Å². The monoisotopic (exact) mass is 420 g/mol. The zero-order valence-corrected chi connectivity index (χ0v) is 20.3. The molecule has 4 rings (SSSR count). The molecule has 9 atom stereocenters. The SMILES string of the molecule is CC(C)CCS(=O)[C@@H](C)[C@H]1CCC2C3CC=C4C[C@@H](O)CC[C@]4(C)C3CC[C@@]21C. The van der Waals surface area contributed by atoms with E-state index < -0.39 is 10.8 Å². The van der Waals surface area contributed by atoms with Crippen molar-refractivity contribution in [3.63, 3.8) is 0 Å². The van der Waals surface area contributed by atoms with Crippen LogP contribution in [0.3, 0.4) is 0 Å². The Kier molecular flexibility index (Phi) is 6.15. The largest absolute Gasteiger partial charge is 0.393 e. The molecule has 29 heavy (non-hydrogen) atoms. The number of fused-ring (bicyclic) bond motifs is 5. The number of allylic oxidation sites excluding steroid dienone is 1. The van der Waals surface area contributed by atoms with Crippen molar-refractivity contribution >= 4 is 10.8 Å². The van der Waals surface area contributed by atoms with Crippen molar-refractivity contribution in [2.24, 2.45) is 40.4 Å². The van der Waals surface area contributed by atoms with Crippen LogP contribution in [0.5, 0.6) is 0 Å². The Hall–Kier alpha value is -0.150. The van der Waals surface area contributed by atoms with Gasteiger partial charge < -0.3 is 5.11 Å². The van der Waals surface area contributed by atoms with Crippen LogP contribution >= 0.6 is 0 Å². The van der Waals surface area contributed by atoms with Crippen LogP contribution in [0, 0.1) is 40.4 Å². The van der Waals surface area contributed by atoms with Crippen LogP contribution in [0.2, 0.25) is 0 Å². The molecule has 1 N–H and O–H groups in total. The summed E-state index contributed by atoms with van der Waals surface area (Å²) in [6.45, 7) is 11.9. The van der Waals surface area contributed by atoms with E-state index in [1.807, 2.05) is 0 Å². The lowest BCUT2D eigenvalue weighted by atomic mass is 9.47. The van der Waals surface area contributed by atoms with Gasteiger partial charge in [-0.15, -0.1) is 0 Å². The minimum absolute atomic E-state index is 0.114. The third-order valence-corrected chi connectivity index (χ3v) is 11.8. The van der Waals surface area contributed by atoms with Crippen LogP contribution < -0.4 is 0 Å². The fourth-order valence-electron chi connectivity index (χ4n) is 8.17. The summed E-state index contributed by atoms with van der Waals surface area (Å²) in [5.74, 6) is 4.57. The van der Waals surface area contributed by atoms with Gasteiger partial charge in [-0.05, 0) is 98.2 Å². The van der Waals surface area contributed by atoms with Gasteiger partial charge in [-0.25, -0.2) is 0 Å². The van der Waals surface area contributed by atoms with Gasteiger partial charge >= 0.3 is 0 Å². The summed E-state index contributed by atoms with van der Waals surface area (Å²) < 4.78 is 13.1. The third kappa shape index (κ3) is 3.71. The highest BCUT2D eigenvalue weighted by Crippen LogP contribution is 2.66. The first-order valence-corrected chi connectivity index (χ1v) is 13.8. The molecule has 0 spiro atoms. The average molecular weight is 421 g/mol. The van der Waals surface area contributed by atoms with Crippen molar-refractivity contribution in [2.75, 3.05) is 5.75 Å². The highest BCUT2D eigenvalue weighted by molar-refractivity contribution is 7.85. The highest BCUT2D eigenvalue weighted by atomic mass is 32.2. The molecular weight excluding hydrogens is 376 g/mol. The van der Waals surface area contributed by atoms with E-state index in [0.29, 0.717) is 27.9 Å². The number of hydrogen-bond acceptors (Lipinski definition) is 2. The van der Waals surface area contributed by atoms with Gasteiger partial charge in [0.2, 0.25) is 0 Å². The molecule has 166 valence electrons. The van der Waals surface area contributed by atoms with Gasteiger partial charge in [-0.1, -0.05) is 46.3 Å². The molecule has 0 heterocycles. The minimum Gasteiger partial charge on any atom is -0.393 e. The summed E-state index contributed by atoms with van der Waals surface area (Å²) >= 11 is 0. The van der Waals surface area contributed by atoms with Crippen molar-refractivity contribution < 1.29 is 9.32 Å². The summed E-state index contributed by atoms with van der Waals surface area (Å²) in [6, 6.07) is 0. The quantitative estimate of drug-likeness (QED) is 0.545. The Morgan fingerprint density at radius 1 is 1.10 bits per heavy atom. The zero-order valence-electron chi connectivity index (χ0n) is 19.5. The number of aliphatic hydroxyl groups is 1. The molecule has 3 fully saturated rings. The molecular formula is C26H44O2S. The molecule has 4 unspecified atom stereocenters. The zero-order chi connectivity index (χ0) is 21.0. The lowest BCUT2D eigenvalue weighted by Crippen LogP contribution is -2.51. The summed E-state index contributed by atoms with van der Waals surface area (Å²) in [5.41, 5.74) is 2.27. The Morgan fingerprint density at radius 3 is 2.59 bits per heavy atom. The van der Waals surface area contributed by atoms with Crippen molar-refractivity contribution in [1.29, 1.82) is 0 Å². The molecule has 2 nitrogen and oxygen atoms in total.